The SMILES string of the molecule is CC(=O)Oc1ccc2c3c1OC1C(=O)CCC4(OC(C)=O)[C@@H](C2)NCC[C@]314. The molecule has 142 valence electrons. The highest BCUT2D eigenvalue weighted by atomic mass is 16.6. The predicted octanol–water partition coefficient (Wildman–Crippen LogP) is 1.19. The minimum absolute atomic E-state index is 0.0104. The number of esters is 2. The molecule has 5 rings (SSSR count). The van der Waals surface area contributed by atoms with E-state index in [9.17, 15) is 14.4 Å². The van der Waals surface area contributed by atoms with E-state index in [0.717, 1.165) is 11.1 Å². The number of hydrogen-bond acceptors (Lipinski definition) is 7. The minimum Gasteiger partial charge on any atom is -0.477 e. The van der Waals surface area contributed by atoms with Crippen LogP contribution in [0.1, 0.15) is 44.2 Å². The fourth-order valence-corrected chi connectivity index (χ4v) is 5.89. The number of benzene rings is 1. The molecular formula is C20H21NO6. The summed E-state index contributed by atoms with van der Waals surface area (Å²) >= 11 is 0. The Hall–Kier alpha value is -2.41. The molecule has 1 aromatic carbocycles. The number of piperidine rings is 1. The van der Waals surface area contributed by atoms with Crippen molar-refractivity contribution in [3.8, 4) is 11.5 Å². The molecule has 4 atom stereocenters. The van der Waals surface area contributed by atoms with Gasteiger partial charge in [-0.2, -0.15) is 0 Å². The van der Waals surface area contributed by atoms with E-state index in [1.54, 1.807) is 6.07 Å². The fourth-order valence-electron chi connectivity index (χ4n) is 5.89. The van der Waals surface area contributed by atoms with Gasteiger partial charge in [0.25, 0.3) is 0 Å². The highest BCUT2D eigenvalue weighted by Crippen LogP contribution is 2.64. The Morgan fingerprint density at radius 3 is 2.78 bits per heavy atom. The summed E-state index contributed by atoms with van der Waals surface area (Å²) in [7, 11) is 0. The molecule has 2 fully saturated rings. The van der Waals surface area contributed by atoms with E-state index in [2.05, 4.69) is 5.32 Å². The van der Waals surface area contributed by atoms with Crippen molar-refractivity contribution in [2.45, 2.75) is 62.7 Å². The van der Waals surface area contributed by atoms with Gasteiger partial charge >= 0.3 is 11.9 Å². The van der Waals surface area contributed by atoms with Gasteiger partial charge in [0.15, 0.2) is 23.4 Å². The van der Waals surface area contributed by atoms with Gasteiger partial charge in [-0.15, -0.1) is 0 Å². The lowest BCUT2D eigenvalue weighted by atomic mass is 9.49. The van der Waals surface area contributed by atoms with Gasteiger partial charge in [-0.05, 0) is 37.4 Å². The Morgan fingerprint density at radius 1 is 1.22 bits per heavy atom. The Bertz CT molecular complexity index is 895. The number of carbonyl (C=O) groups is 3. The third kappa shape index (κ3) is 1.92. The highest BCUT2D eigenvalue weighted by Gasteiger charge is 2.74. The van der Waals surface area contributed by atoms with E-state index < -0.39 is 23.1 Å². The number of rotatable bonds is 2. The van der Waals surface area contributed by atoms with Gasteiger partial charge in [-0.25, -0.2) is 0 Å². The van der Waals surface area contributed by atoms with Crippen molar-refractivity contribution in [1.29, 1.82) is 0 Å². The Morgan fingerprint density at radius 2 is 2.04 bits per heavy atom. The molecule has 2 bridgehead atoms. The second-order valence-electron chi connectivity index (χ2n) is 7.90. The number of nitrogens with one attached hydrogen (secondary N) is 1. The number of Topliss-reactive ketones (excluding diaryl/α,β-unsaturated/α-hetero) is 1. The molecule has 1 spiro atoms. The fraction of sp³-hybridized carbons (Fsp3) is 0.550. The van der Waals surface area contributed by atoms with Crippen LogP contribution in [0.2, 0.25) is 0 Å². The van der Waals surface area contributed by atoms with Crippen LogP contribution in [-0.4, -0.2) is 42.0 Å². The van der Waals surface area contributed by atoms with Gasteiger partial charge in [0.2, 0.25) is 0 Å². The van der Waals surface area contributed by atoms with Crippen molar-refractivity contribution >= 4 is 17.7 Å². The summed E-state index contributed by atoms with van der Waals surface area (Å²) in [6.07, 6.45) is 1.34. The normalized spacial score (nSPS) is 35.1. The van der Waals surface area contributed by atoms with Crippen LogP contribution in [0.25, 0.3) is 0 Å². The van der Waals surface area contributed by atoms with Crippen LogP contribution in [0.15, 0.2) is 12.1 Å². The molecule has 2 aliphatic heterocycles. The predicted molar refractivity (Wildman–Crippen MR) is 92.7 cm³/mol. The Kier molecular flexibility index (Phi) is 3.30. The van der Waals surface area contributed by atoms with Gasteiger partial charge in [0.05, 0.1) is 11.5 Å². The van der Waals surface area contributed by atoms with E-state index >= 15 is 0 Å². The molecule has 2 heterocycles. The second kappa shape index (κ2) is 5.32. The maximum Gasteiger partial charge on any atom is 0.308 e. The van der Waals surface area contributed by atoms with Gasteiger partial charge in [-0.3, -0.25) is 14.4 Å². The molecule has 0 aromatic heterocycles. The zero-order chi connectivity index (χ0) is 19.0. The molecule has 2 aliphatic carbocycles. The van der Waals surface area contributed by atoms with Crippen LogP contribution in [0.5, 0.6) is 11.5 Å². The molecule has 1 aromatic rings. The van der Waals surface area contributed by atoms with Crippen LogP contribution in [0.4, 0.5) is 0 Å². The van der Waals surface area contributed by atoms with Crippen molar-refractivity contribution in [3.63, 3.8) is 0 Å². The van der Waals surface area contributed by atoms with Gasteiger partial charge in [0.1, 0.15) is 5.60 Å². The first-order valence-corrected chi connectivity index (χ1v) is 9.36. The summed E-state index contributed by atoms with van der Waals surface area (Å²) in [6.45, 7) is 3.45. The molecule has 4 aliphatic rings. The summed E-state index contributed by atoms with van der Waals surface area (Å²) in [5, 5.41) is 3.51. The molecule has 7 heteroatoms. The number of ether oxygens (including phenoxy) is 3. The summed E-state index contributed by atoms with van der Waals surface area (Å²) < 4.78 is 17.6. The number of carbonyl (C=O) groups excluding carboxylic acids is 3. The molecule has 1 N–H and O–H groups in total. The molecule has 1 saturated heterocycles. The lowest BCUT2D eigenvalue weighted by molar-refractivity contribution is -0.197. The summed E-state index contributed by atoms with van der Waals surface area (Å²) in [4.78, 5) is 36.5. The third-order valence-corrected chi connectivity index (χ3v) is 6.60. The summed E-state index contributed by atoms with van der Waals surface area (Å²) in [5.41, 5.74) is 0.377. The molecule has 0 amide bonds. The lowest BCUT2D eigenvalue weighted by Gasteiger charge is -2.61. The molecule has 7 nitrogen and oxygen atoms in total. The zero-order valence-electron chi connectivity index (χ0n) is 15.3. The smallest absolute Gasteiger partial charge is 0.308 e. The quantitative estimate of drug-likeness (QED) is 0.617. The Balaban J connectivity index is 1.80. The standard InChI is InChI=1S/C20H21NO6/c1-10(22)25-14-4-3-12-9-15-20(27-11(2)23)6-5-13(24)18-19(20,7-8-21-15)16(12)17(14)26-18/h3-4,15,18,21H,5-9H2,1-2H3/t15-,18?,19+,20?/m1/s1. The van der Waals surface area contributed by atoms with E-state index in [1.165, 1.54) is 13.8 Å². The molecule has 2 unspecified atom stereocenters. The second-order valence-corrected chi connectivity index (χ2v) is 7.90. The Labute approximate surface area is 156 Å². The maximum atomic E-state index is 12.9. The largest absolute Gasteiger partial charge is 0.477 e. The van der Waals surface area contributed by atoms with Crippen LogP contribution in [-0.2, 0) is 31.0 Å². The van der Waals surface area contributed by atoms with Crippen LogP contribution in [0.3, 0.4) is 0 Å². The lowest BCUT2D eigenvalue weighted by Crippen LogP contribution is -2.77. The number of ketones is 1. The monoisotopic (exact) mass is 371 g/mol. The maximum absolute atomic E-state index is 12.9. The van der Waals surface area contributed by atoms with Crippen molar-refractivity contribution in [2.24, 2.45) is 0 Å². The average molecular weight is 371 g/mol. The molecule has 0 radical (unpaired) electrons. The first kappa shape index (κ1) is 16.7. The third-order valence-electron chi connectivity index (χ3n) is 6.60. The summed E-state index contributed by atoms with van der Waals surface area (Å²) in [6, 6.07) is 3.58. The van der Waals surface area contributed by atoms with Crippen molar-refractivity contribution in [1.82, 2.24) is 5.32 Å². The van der Waals surface area contributed by atoms with Crippen LogP contribution in [0, 0.1) is 0 Å². The molecule has 27 heavy (non-hydrogen) atoms. The van der Waals surface area contributed by atoms with E-state index in [0.29, 0.717) is 43.7 Å². The minimum atomic E-state index is -0.831. The van der Waals surface area contributed by atoms with E-state index in [-0.39, 0.29) is 17.8 Å². The van der Waals surface area contributed by atoms with Gasteiger partial charge in [-0.1, -0.05) is 6.07 Å². The molecular weight excluding hydrogens is 350 g/mol. The average Bonchev–Trinajstić information content (AvgIpc) is 2.93. The molecule has 1 saturated carbocycles. The van der Waals surface area contributed by atoms with E-state index in [1.807, 2.05) is 6.07 Å². The van der Waals surface area contributed by atoms with Crippen molar-refractivity contribution < 1.29 is 28.6 Å². The first-order chi connectivity index (χ1) is 12.9. The summed E-state index contributed by atoms with van der Waals surface area (Å²) in [5.74, 6) is -0.00873. The van der Waals surface area contributed by atoms with E-state index in [4.69, 9.17) is 14.2 Å². The topological polar surface area (TPSA) is 90.9 Å². The van der Waals surface area contributed by atoms with Crippen LogP contribution < -0.4 is 14.8 Å². The number of hydrogen-bond donors (Lipinski definition) is 1. The van der Waals surface area contributed by atoms with Crippen molar-refractivity contribution in [2.75, 3.05) is 6.54 Å². The van der Waals surface area contributed by atoms with Gasteiger partial charge < -0.3 is 19.5 Å². The highest BCUT2D eigenvalue weighted by molar-refractivity contribution is 5.90. The zero-order valence-corrected chi connectivity index (χ0v) is 15.3. The van der Waals surface area contributed by atoms with Crippen molar-refractivity contribution in [3.05, 3.63) is 23.3 Å². The van der Waals surface area contributed by atoms with Gasteiger partial charge in [0, 0.05) is 25.8 Å². The van der Waals surface area contributed by atoms with Crippen LogP contribution >= 0.6 is 0 Å². The first-order valence-electron chi connectivity index (χ1n) is 9.36.